The maximum atomic E-state index is 15.5. The van der Waals surface area contributed by atoms with Crippen LogP contribution in [-0.4, -0.2) is 63.7 Å². The molecule has 42 heavy (non-hydrogen) atoms. The van der Waals surface area contributed by atoms with Gasteiger partial charge in [0.2, 0.25) is 0 Å². The highest BCUT2D eigenvalue weighted by molar-refractivity contribution is 7.91. The molecule has 1 amide bonds. The number of hydrogen-bond acceptors (Lipinski definition) is 6. The molecule has 2 aromatic carbocycles. The Kier molecular flexibility index (Phi) is 8.00. The molecule has 15 heteroatoms. The van der Waals surface area contributed by atoms with E-state index >= 15 is 4.39 Å². The molecule has 0 spiro atoms. The van der Waals surface area contributed by atoms with Crippen LogP contribution in [0.3, 0.4) is 0 Å². The summed E-state index contributed by atoms with van der Waals surface area (Å²) >= 11 is 0. The maximum absolute atomic E-state index is 15.5. The number of fused-ring (bicyclic) bond motifs is 1. The van der Waals surface area contributed by atoms with Crippen molar-refractivity contribution >= 4 is 26.8 Å². The van der Waals surface area contributed by atoms with Crippen molar-refractivity contribution in [1.29, 1.82) is 0 Å². The fourth-order valence-electron chi connectivity index (χ4n) is 4.69. The van der Waals surface area contributed by atoms with E-state index in [0.717, 1.165) is 33.4 Å². The summed E-state index contributed by atoms with van der Waals surface area (Å²) < 4.78 is 97.8. The molecule has 1 aromatic heterocycles. The molecule has 1 fully saturated rings. The number of hydrogen-bond donors (Lipinski definition) is 2. The van der Waals surface area contributed by atoms with Gasteiger partial charge in [0.15, 0.2) is 0 Å². The third-order valence-electron chi connectivity index (χ3n) is 7.55. The van der Waals surface area contributed by atoms with Crippen LogP contribution in [0, 0.1) is 5.82 Å². The second-order valence-electron chi connectivity index (χ2n) is 11.3. The van der Waals surface area contributed by atoms with E-state index in [0.29, 0.717) is 0 Å². The Morgan fingerprint density at radius 3 is 2.31 bits per heavy atom. The van der Waals surface area contributed by atoms with E-state index in [1.165, 1.54) is 32.9 Å². The number of aromatic nitrogens is 2. The van der Waals surface area contributed by atoms with Crippen molar-refractivity contribution in [2.24, 2.45) is 0 Å². The summed E-state index contributed by atoms with van der Waals surface area (Å²) in [6.07, 6.45) is -8.71. The summed E-state index contributed by atoms with van der Waals surface area (Å²) in [5.41, 5.74) is -4.00. The Morgan fingerprint density at radius 1 is 1.12 bits per heavy atom. The Balaban J connectivity index is 1.85. The quantitative estimate of drug-likeness (QED) is 0.365. The van der Waals surface area contributed by atoms with Gasteiger partial charge in [-0.3, -0.25) is 13.9 Å². The van der Waals surface area contributed by atoms with E-state index in [1.54, 1.807) is 6.92 Å². The number of halogens is 5. The minimum Gasteiger partial charge on any atom is -0.428 e. The Hall–Kier alpha value is -3.46. The molecule has 0 radical (unpaired) electrons. The van der Waals surface area contributed by atoms with Crippen LogP contribution in [0.4, 0.5) is 22.0 Å². The second kappa shape index (κ2) is 10.7. The van der Waals surface area contributed by atoms with Crippen LogP contribution in [0.1, 0.15) is 56.9 Å². The third-order valence-corrected chi connectivity index (χ3v) is 9.20. The number of nitrogens with one attached hydrogen (secondary N) is 1. The van der Waals surface area contributed by atoms with Crippen LogP contribution >= 0.6 is 0 Å². The van der Waals surface area contributed by atoms with Gasteiger partial charge in [0, 0.05) is 17.7 Å². The Labute approximate surface area is 237 Å². The molecule has 3 aromatic rings. The molecule has 0 bridgehead atoms. The van der Waals surface area contributed by atoms with Crippen molar-refractivity contribution < 1.29 is 45.0 Å². The number of amides is 1. The zero-order valence-electron chi connectivity index (χ0n) is 23.1. The van der Waals surface area contributed by atoms with Gasteiger partial charge in [-0.05, 0) is 58.7 Å². The highest BCUT2D eigenvalue weighted by Gasteiger charge is 2.44. The topological polar surface area (TPSA) is 120 Å². The van der Waals surface area contributed by atoms with E-state index in [9.17, 15) is 40.7 Å². The van der Waals surface area contributed by atoms with Gasteiger partial charge in [-0.2, -0.15) is 17.6 Å². The molecule has 2 heterocycles. The van der Waals surface area contributed by atoms with E-state index in [2.05, 4.69) is 10.1 Å². The second-order valence-corrected chi connectivity index (χ2v) is 13.6. The summed E-state index contributed by atoms with van der Waals surface area (Å²) in [5.74, 6) is -2.90. The number of carbonyl (C=O) groups excluding carboxylic acids is 1. The normalized spacial score (nSPS) is 17.8. The SMILES string of the molecule is C[C@@H](n1c(=O)n(-c2cccc(OC(F)(F)C(F)F)c2)c2cc(F)c(C(=O)NC3(C)CCS(=O)(=O)CC3)cc21)C(C)(C)O. The lowest BCUT2D eigenvalue weighted by molar-refractivity contribution is -0.253. The molecule has 1 saturated heterocycles. The van der Waals surface area contributed by atoms with Gasteiger partial charge in [0.05, 0.1) is 45.4 Å². The van der Waals surface area contributed by atoms with Crippen LogP contribution in [0.5, 0.6) is 5.75 Å². The summed E-state index contributed by atoms with van der Waals surface area (Å²) in [7, 11) is -3.24. The lowest BCUT2D eigenvalue weighted by Crippen LogP contribution is -2.51. The monoisotopic (exact) mass is 619 g/mol. The number of benzene rings is 2. The zero-order valence-corrected chi connectivity index (χ0v) is 23.9. The van der Waals surface area contributed by atoms with E-state index in [1.807, 2.05) is 0 Å². The minimum atomic E-state index is -4.82. The lowest BCUT2D eigenvalue weighted by Gasteiger charge is -2.34. The predicted molar refractivity (Wildman–Crippen MR) is 144 cm³/mol. The molecule has 230 valence electrons. The van der Waals surface area contributed by atoms with Gasteiger partial charge < -0.3 is 15.2 Å². The van der Waals surface area contributed by atoms with Gasteiger partial charge in [-0.15, -0.1) is 0 Å². The smallest absolute Gasteiger partial charge is 0.428 e. The highest BCUT2D eigenvalue weighted by atomic mass is 32.2. The highest BCUT2D eigenvalue weighted by Crippen LogP contribution is 2.32. The molecular formula is C27H30F5N3O6S. The standard InChI is InChI=1S/C27H30F5N3O6S/c1-15(25(2,3)38)34-20-13-18(22(36)33-26(4)8-10-42(39,40)11-9-26)19(28)14-21(20)35(24(34)37)16-6-5-7-17(12-16)41-27(31,32)23(29)30/h5-7,12-15,23,38H,8-11H2,1-4H3,(H,33,36)/t15-/m1/s1. The zero-order chi connectivity index (χ0) is 31.4. The molecule has 1 atom stereocenters. The lowest BCUT2D eigenvalue weighted by atomic mass is 9.94. The van der Waals surface area contributed by atoms with E-state index in [-0.39, 0.29) is 41.1 Å². The molecule has 0 unspecified atom stereocenters. The first-order chi connectivity index (χ1) is 19.2. The van der Waals surface area contributed by atoms with Crippen molar-refractivity contribution in [1.82, 2.24) is 14.5 Å². The van der Waals surface area contributed by atoms with E-state index < -0.39 is 68.3 Å². The fourth-order valence-corrected chi connectivity index (χ4v) is 6.42. The molecule has 1 aliphatic heterocycles. The first-order valence-electron chi connectivity index (χ1n) is 12.9. The summed E-state index contributed by atoms with van der Waals surface area (Å²) in [4.78, 5) is 27.0. The first-order valence-corrected chi connectivity index (χ1v) is 14.7. The predicted octanol–water partition coefficient (Wildman–Crippen LogP) is 4.20. The van der Waals surface area contributed by atoms with Crippen LogP contribution < -0.4 is 15.7 Å². The van der Waals surface area contributed by atoms with Gasteiger partial charge in [0.25, 0.3) is 5.91 Å². The van der Waals surface area contributed by atoms with Crippen LogP contribution in [-0.2, 0) is 9.84 Å². The Bertz CT molecular complexity index is 1680. The number of imidazole rings is 1. The van der Waals surface area contributed by atoms with Crippen molar-refractivity contribution in [2.45, 2.75) is 70.3 Å². The molecule has 4 rings (SSSR count). The molecule has 0 saturated carbocycles. The number of nitrogens with zero attached hydrogens (tertiary/aromatic N) is 2. The minimum absolute atomic E-state index is 0.00165. The van der Waals surface area contributed by atoms with Crippen molar-refractivity contribution in [3.8, 4) is 11.4 Å². The number of ether oxygens (including phenoxy) is 1. The van der Waals surface area contributed by atoms with Gasteiger partial charge in [-0.25, -0.2) is 17.6 Å². The average Bonchev–Trinajstić information content (AvgIpc) is 3.14. The Morgan fingerprint density at radius 2 is 1.74 bits per heavy atom. The number of carbonyl (C=O) groups is 1. The van der Waals surface area contributed by atoms with E-state index in [4.69, 9.17) is 0 Å². The molecule has 0 aliphatic carbocycles. The van der Waals surface area contributed by atoms with Crippen molar-refractivity contribution in [3.05, 3.63) is 58.3 Å². The first kappa shape index (κ1) is 31.5. The third kappa shape index (κ3) is 6.16. The number of aliphatic hydroxyl groups is 1. The van der Waals surface area contributed by atoms with Crippen LogP contribution in [0.2, 0.25) is 0 Å². The van der Waals surface area contributed by atoms with Crippen molar-refractivity contribution in [2.75, 3.05) is 11.5 Å². The molecule has 2 N–H and O–H groups in total. The average molecular weight is 620 g/mol. The van der Waals surface area contributed by atoms with Gasteiger partial charge in [-0.1, -0.05) is 6.07 Å². The summed E-state index contributed by atoms with van der Waals surface area (Å²) in [6.45, 7) is 5.98. The number of sulfone groups is 1. The molecular weight excluding hydrogens is 589 g/mol. The fraction of sp³-hybridized carbons (Fsp3) is 0.481. The number of rotatable bonds is 8. The largest absolute Gasteiger partial charge is 0.461 e. The summed E-state index contributed by atoms with van der Waals surface area (Å²) in [6, 6.07) is 5.35. The van der Waals surface area contributed by atoms with Crippen molar-refractivity contribution in [3.63, 3.8) is 0 Å². The van der Waals surface area contributed by atoms with Gasteiger partial charge in [0.1, 0.15) is 21.4 Å². The molecule has 9 nitrogen and oxygen atoms in total. The molecule has 1 aliphatic rings. The van der Waals surface area contributed by atoms with Gasteiger partial charge >= 0.3 is 18.2 Å². The van der Waals surface area contributed by atoms with Crippen LogP contribution in [0.15, 0.2) is 41.2 Å². The summed E-state index contributed by atoms with van der Waals surface area (Å²) in [5, 5.41) is 13.4. The van der Waals surface area contributed by atoms with Crippen LogP contribution in [0.25, 0.3) is 16.7 Å². The number of alkyl halides is 4. The maximum Gasteiger partial charge on any atom is 0.461 e.